The van der Waals surface area contributed by atoms with Crippen LogP contribution in [0.1, 0.15) is 29.9 Å². The summed E-state index contributed by atoms with van der Waals surface area (Å²) >= 11 is 0. The van der Waals surface area contributed by atoms with E-state index in [1.54, 1.807) is 6.20 Å². The molecule has 2 aromatic heterocycles. The van der Waals surface area contributed by atoms with Crippen LogP contribution in [-0.4, -0.2) is 15.3 Å². The van der Waals surface area contributed by atoms with Crippen molar-refractivity contribution in [1.82, 2.24) is 9.55 Å². The summed E-state index contributed by atoms with van der Waals surface area (Å²) in [4.78, 5) is 17.2. The quantitative estimate of drug-likeness (QED) is 0.677. The number of para-hydroxylation sites is 1. The summed E-state index contributed by atoms with van der Waals surface area (Å²) < 4.78 is 2.14. The summed E-state index contributed by atoms with van der Waals surface area (Å²) in [5.74, 6) is 1.11. The van der Waals surface area contributed by atoms with E-state index < -0.39 is 0 Å². The summed E-state index contributed by atoms with van der Waals surface area (Å²) in [7, 11) is 0. The number of ketones is 1. The monoisotopic (exact) mass is 276 g/mol. The Bertz CT molecular complexity index is 860. The van der Waals surface area contributed by atoms with E-state index in [1.807, 2.05) is 50.2 Å². The summed E-state index contributed by atoms with van der Waals surface area (Å²) in [6.07, 6.45) is 2.55. The van der Waals surface area contributed by atoms with Crippen molar-refractivity contribution in [3.05, 3.63) is 59.9 Å². The molecule has 0 radical (unpaired) electrons. The van der Waals surface area contributed by atoms with Crippen LogP contribution in [0.3, 0.4) is 0 Å². The summed E-state index contributed by atoms with van der Waals surface area (Å²) in [6, 6.07) is 14.0. The van der Waals surface area contributed by atoms with Crippen molar-refractivity contribution >= 4 is 16.7 Å². The number of benzene rings is 1. The van der Waals surface area contributed by atoms with Crippen molar-refractivity contribution in [3.63, 3.8) is 0 Å². The minimum absolute atomic E-state index is 0.239. The molecule has 0 amide bonds. The van der Waals surface area contributed by atoms with Crippen molar-refractivity contribution in [2.45, 2.75) is 20.3 Å². The molecule has 21 heavy (non-hydrogen) atoms. The zero-order valence-electron chi connectivity index (χ0n) is 12.1. The molecule has 0 atom stereocenters. The van der Waals surface area contributed by atoms with E-state index in [9.17, 15) is 4.79 Å². The molecule has 0 unspecified atom stereocenters. The van der Waals surface area contributed by atoms with Crippen LogP contribution >= 0.6 is 0 Å². The van der Waals surface area contributed by atoms with E-state index in [-0.39, 0.29) is 11.2 Å². The molecule has 104 valence electrons. The zero-order chi connectivity index (χ0) is 14.6. The maximum Gasteiger partial charge on any atom is 0.171 e. The maximum atomic E-state index is 12.7. The fourth-order valence-electron chi connectivity index (χ4n) is 3.30. The molecule has 1 aliphatic rings. The molecular formula is C18H16N2O. The van der Waals surface area contributed by atoms with Gasteiger partial charge in [0.1, 0.15) is 5.82 Å². The van der Waals surface area contributed by atoms with Crippen LogP contribution in [0, 0.1) is 5.41 Å². The van der Waals surface area contributed by atoms with Gasteiger partial charge in [0, 0.05) is 34.7 Å². The minimum atomic E-state index is -0.328. The lowest BCUT2D eigenvalue weighted by atomic mass is 9.88. The van der Waals surface area contributed by atoms with Gasteiger partial charge in [0.25, 0.3) is 0 Å². The average molecular weight is 276 g/mol. The van der Waals surface area contributed by atoms with Gasteiger partial charge in [-0.3, -0.25) is 9.36 Å². The highest BCUT2D eigenvalue weighted by molar-refractivity contribution is 6.14. The Kier molecular flexibility index (Phi) is 2.37. The molecular weight excluding hydrogens is 260 g/mol. The minimum Gasteiger partial charge on any atom is -0.297 e. The third-order valence-electron chi connectivity index (χ3n) is 4.30. The van der Waals surface area contributed by atoms with Gasteiger partial charge < -0.3 is 0 Å². The van der Waals surface area contributed by atoms with Crippen LogP contribution in [0.2, 0.25) is 0 Å². The lowest BCUT2D eigenvalue weighted by Gasteiger charge is -2.16. The van der Waals surface area contributed by atoms with E-state index in [0.717, 1.165) is 34.4 Å². The smallest absolute Gasteiger partial charge is 0.171 e. The third-order valence-corrected chi connectivity index (χ3v) is 4.30. The Morgan fingerprint density at radius 1 is 1.10 bits per heavy atom. The van der Waals surface area contributed by atoms with Crippen LogP contribution in [0.25, 0.3) is 16.7 Å². The van der Waals surface area contributed by atoms with Gasteiger partial charge in [-0.05, 0) is 18.2 Å². The number of nitrogens with zero attached hydrogens (tertiary/aromatic N) is 2. The summed E-state index contributed by atoms with van der Waals surface area (Å²) in [5.41, 5.74) is 2.70. The van der Waals surface area contributed by atoms with Crippen LogP contribution in [0.5, 0.6) is 0 Å². The molecule has 0 saturated carbocycles. The lowest BCUT2D eigenvalue weighted by Crippen LogP contribution is -2.20. The zero-order valence-corrected chi connectivity index (χ0v) is 12.1. The van der Waals surface area contributed by atoms with Crippen molar-refractivity contribution < 1.29 is 4.79 Å². The molecule has 0 spiro atoms. The predicted octanol–water partition coefficient (Wildman–Crippen LogP) is 3.79. The Balaban J connectivity index is 2.12. The van der Waals surface area contributed by atoms with Crippen LogP contribution in [-0.2, 0) is 6.42 Å². The Morgan fingerprint density at radius 3 is 2.62 bits per heavy atom. The van der Waals surface area contributed by atoms with Gasteiger partial charge in [0.05, 0.1) is 5.52 Å². The van der Waals surface area contributed by atoms with Gasteiger partial charge in [-0.25, -0.2) is 4.98 Å². The molecule has 0 saturated heterocycles. The van der Waals surface area contributed by atoms with Gasteiger partial charge in [0.2, 0.25) is 0 Å². The highest BCUT2D eigenvalue weighted by Crippen LogP contribution is 2.42. The van der Waals surface area contributed by atoms with E-state index in [1.165, 1.54) is 0 Å². The fraction of sp³-hybridized carbons (Fsp3) is 0.222. The van der Waals surface area contributed by atoms with Crippen LogP contribution < -0.4 is 0 Å². The van der Waals surface area contributed by atoms with Crippen molar-refractivity contribution in [2.24, 2.45) is 5.41 Å². The van der Waals surface area contributed by atoms with Gasteiger partial charge in [-0.15, -0.1) is 0 Å². The Labute approximate surface area is 123 Å². The standard InChI is InChI=1S/C18H16N2O/c1-18(2)11-14-16(17(18)21)12-7-3-4-8-13(12)20(14)15-9-5-6-10-19-15/h3-10H,11H2,1-2H3. The number of Topliss-reactive ketones (excluding diaryl/α,β-unsaturated/α-hetero) is 1. The van der Waals surface area contributed by atoms with Crippen molar-refractivity contribution in [2.75, 3.05) is 0 Å². The molecule has 0 fully saturated rings. The van der Waals surface area contributed by atoms with E-state index in [2.05, 4.69) is 15.6 Å². The predicted molar refractivity (Wildman–Crippen MR) is 82.9 cm³/mol. The van der Waals surface area contributed by atoms with Gasteiger partial charge >= 0.3 is 0 Å². The highest BCUT2D eigenvalue weighted by Gasteiger charge is 2.41. The number of hydrogen-bond acceptors (Lipinski definition) is 2. The number of rotatable bonds is 1. The number of carbonyl (C=O) groups excluding carboxylic acids is 1. The second kappa shape index (κ2) is 4.04. The first kappa shape index (κ1) is 12.3. The van der Waals surface area contributed by atoms with E-state index in [0.29, 0.717) is 0 Å². The number of aromatic nitrogens is 2. The summed E-state index contributed by atoms with van der Waals surface area (Å²) in [5, 5.41) is 1.04. The number of carbonyl (C=O) groups is 1. The Hall–Kier alpha value is -2.42. The molecule has 3 nitrogen and oxygen atoms in total. The highest BCUT2D eigenvalue weighted by atomic mass is 16.1. The Morgan fingerprint density at radius 2 is 1.86 bits per heavy atom. The molecule has 1 aromatic carbocycles. The summed E-state index contributed by atoms with van der Waals surface area (Å²) in [6.45, 7) is 4.04. The van der Waals surface area contributed by atoms with E-state index >= 15 is 0 Å². The topological polar surface area (TPSA) is 34.9 Å². The largest absolute Gasteiger partial charge is 0.297 e. The molecule has 0 N–H and O–H groups in total. The first-order chi connectivity index (χ1) is 10.1. The normalized spacial score (nSPS) is 16.4. The second-order valence-corrected chi connectivity index (χ2v) is 6.25. The molecule has 3 heteroatoms. The molecule has 1 aliphatic carbocycles. The third kappa shape index (κ3) is 1.60. The first-order valence-corrected chi connectivity index (χ1v) is 7.18. The molecule has 0 bridgehead atoms. The average Bonchev–Trinajstić information content (AvgIpc) is 2.91. The van der Waals surface area contributed by atoms with Gasteiger partial charge in [-0.2, -0.15) is 0 Å². The number of fused-ring (bicyclic) bond motifs is 3. The molecule has 3 aromatic rings. The van der Waals surface area contributed by atoms with Crippen molar-refractivity contribution in [1.29, 1.82) is 0 Å². The molecule has 2 heterocycles. The van der Waals surface area contributed by atoms with E-state index in [4.69, 9.17) is 0 Å². The molecule has 4 rings (SSSR count). The van der Waals surface area contributed by atoms with Crippen LogP contribution in [0.4, 0.5) is 0 Å². The number of hydrogen-bond donors (Lipinski definition) is 0. The molecule has 0 aliphatic heterocycles. The van der Waals surface area contributed by atoms with Gasteiger partial charge in [-0.1, -0.05) is 38.1 Å². The second-order valence-electron chi connectivity index (χ2n) is 6.25. The maximum absolute atomic E-state index is 12.7. The van der Waals surface area contributed by atoms with Gasteiger partial charge in [0.15, 0.2) is 5.78 Å². The first-order valence-electron chi connectivity index (χ1n) is 7.18. The lowest BCUT2D eigenvalue weighted by molar-refractivity contribution is 0.0864. The van der Waals surface area contributed by atoms with Crippen molar-refractivity contribution in [3.8, 4) is 5.82 Å². The fourth-order valence-corrected chi connectivity index (χ4v) is 3.30. The number of pyridine rings is 1. The SMILES string of the molecule is CC1(C)Cc2c(c3ccccc3n2-c2ccccn2)C1=O. The van der Waals surface area contributed by atoms with Crippen LogP contribution in [0.15, 0.2) is 48.7 Å².